The summed E-state index contributed by atoms with van der Waals surface area (Å²) in [5.41, 5.74) is 1.42. The summed E-state index contributed by atoms with van der Waals surface area (Å²) in [5, 5.41) is 9.52. The van der Waals surface area contributed by atoms with E-state index in [-0.39, 0.29) is 23.0 Å². The zero-order valence-electron chi connectivity index (χ0n) is 17.7. The molecule has 33 heavy (non-hydrogen) atoms. The Balaban J connectivity index is 1.57. The molecule has 1 aliphatic rings. The summed E-state index contributed by atoms with van der Waals surface area (Å²) in [6.45, 7) is 0.298. The van der Waals surface area contributed by atoms with Gasteiger partial charge in [0, 0.05) is 13.0 Å². The van der Waals surface area contributed by atoms with E-state index >= 15 is 0 Å². The maximum atomic E-state index is 13.9. The van der Waals surface area contributed by atoms with Gasteiger partial charge in [0.25, 0.3) is 5.91 Å². The molecule has 2 aromatic carbocycles. The number of anilines is 1. The fraction of sp³-hybridized carbons (Fsp3) is 0.304. The molecule has 6 nitrogen and oxygen atoms in total. The van der Waals surface area contributed by atoms with Crippen molar-refractivity contribution in [2.24, 2.45) is 0 Å². The van der Waals surface area contributed by atoms with E-state index in [1.54, 1.807) is 24.3 Å². The molecule has 0 bridgehead atoms. The summed E-state index contributed by atoms with van der Waals surface area (Å²) in [7, 11) is 1.51. The molecule has 3 aromatic rings. The minimum absolute atomic E-state index is 0.0285. The van der Waals surface area contributed by atoms with E-state index in [2.05, 4.69) is 15.7 Å². The van der Waals surface area contributed by atoms with Crippen molar-refractivity contribution in [1.29, 1.82) is 0 Å². The lowest BCUT2D eigenvalue weighted by molar-refractivity contribution is -0.173. The van der Waals surface area contributed by atoms with Gasteiger partial charge in [0.2, 0.25) is 0 Å². The fourth-order valence-corrected chi connectivity index (χ4v) is 4.10. The molecular weight excluding hydrogens is 457 g/mol. The first-order valence-corrected chi connectivity index (χ1v) is 10.7. The van der Waals surface area contributed by atoms with Gasteiger partial charge in [-0.2, -0.15) is 18.3 Å². The number of halogens is 4. The number of alkyl halides is 3. The number of carbonyl (C=O) groups excluding carboxylic acids is 1. The lowest BCUT2D eigenvalue weighted by Crippen LogP contribution is -2.36. The molecule has 2 atom stereocenters. The molecule has 1 aromatic heterocycles. The second kappa shape index (κ2) is 9.35. The maximum Gasteiger partial charge on any atom is 0.410 e. The van der Waals surface area contributed by atoms with Gasteiger partial charge in [0.15, 0.2) is 11.7 Å². The van der Waals surface area contributed by atoms with Crippen LogP contribution in [-0.4, -0.2) is 35.5 Å². The smallest absolute Gasteiger partial charge is 0.410 e. The molecule has 0 aliphatic carbocycles. The molecule has 0 spiro atoms. The third-order valence-corrected chi connectivity index (χ3v) is 5.93. The Kier molecular flexibility index (Phi) is 6.51. The van der Waals surface area contributed by atoms with Crippen LogP contribution in [0.4, 0.5) is 19.0 Å². The average Bonchev–Trinajstić information content (AvgIpc) is 3.15. The number of aromatic nitrogens is 2. The minimum Gasteiger partial charge on any atom is -0.497 e. The number of methoxy groups -OCH3 is 1. The number of carbonyl (C=O) groups is 1. The van der Waals surface area contributed by atoms with Crippen LogP contribution in [0.25, 0.3) is 0 Å². The molecule has 10 heteroatoms. The van der Waals surface area contributed by atoms with Crippen LogP contribution >= 0.6 is 11.6 Å². The molecule has 1 amide bonds. The highest BCUT2D eigenvalue weighted by Crippen LogP contribution is 2.46. The summed E-state index contributed by atoms with van der Waals surface area (Å²) in [4.78, 5) is 12.7. The molecule has 1 aliphatic heterocycles. The van der Waals surface area contributed by atoms with Crippen LogP contribution in [-0.2, 0) is 6.42 Å². The molecule has 2 heterocycles. The number of hydrogen-bond donors (Lipinski definition) is 2. The Hall–Kier alpha value is -3.20. The quantitative estimate of drug-likeness (QED) is 0.512. The van der Waals surface area contributed by atoms with E-state index < -0.39 is 24.2 Å². The number of fused-ring (bicyclic) bond motifs is 1. The topological polar surface area (TPSA) is 68.2 Å². The number of hydrogen-bond acceptors (Lipinski definition) is 4. The highest BCUT2D eigenvalue weighted by molar-refractivity contribution is 6.36. The molecule has 0 saturated carbocycles. The van der Waals surface area contributed by atoms with E-state index in [1.807, 2.05) is 30.3 Å². The van der Waals surface area contributed by atoms with E-state index in [9.17, 15) is 18.0 Å². The second-order valence-electron chi connectivity index (χ2n) is 7.71. The van der Waals surface area contributed by atoms with Gasteiger partial charge in [-0.3, -0.25) is 4.79 Å². The van der Waals surface area contributed by atoms with Crippen molar-refractivity contribution in [2.75, 3.05) is 19.0 Å². The minimum atomic E-state index is -4.57. The highest BCUT2D eigenvalue weighted by Gasteiger charge is 2.47. The van der Waals surface area contributed by atoms with E-state index in [1.165, 1.54) is 7.11 Å². The average molecular weight is 479 g/mol. The third kappa shape index (κ3) is 4.93. The summed E-state index contributed by atoms with van der Waals surface area (Å²) < 4.78 is 47.6. The Labute approximate surface area is 193 Å². The van der Waals surface area contributed by atoms with Crippen LogP contribution in [0.15, 0.2) is 54.6 Å². The first-order chi connectivity index (χ1) is 15.8. The van der Waals surface area contributed by atoms with Crippen LogP contribution in [0.2, 0.25) is 5.02 Å². The summed E-state index contributed by atoms with van der Waals surface area (Å²) in [5.74, 6) is -0.0553. The Bertz CT molecular complexity index is 1120. The Morgan fingerprint density at radius 2 is 1.91 bits per heavy atom. The first-order valence-electron chi connectivity index (χ1n) is 10.3. The molecule has 174 valence electrons. The molecule has 2 N–H and O–H groups in total. The number of rotatable bonds is 6. The van der Waals surface area contributed by atoms with Crippen molar-refractivity contribution in [3.8, 4) is 5.75 Å². The van der Waals surface area contributed by atoms with E-state index in [4.69, 9.17) is 16.3 Å². The summed E-state index contributed by atoms with van der Waals surface area (Å²) >= 11 is 6.35. The van der Waals surface area contributed by atoms with Crippen LogP contribution in [0.5, 0.6) is 5.75 Å². The Morgan fingerprint density at radius 3 is 2.55 bits per heavy atom. The van der Waals surface area contributed by atoms with Crippen molar-refractivity contribution in [1.82, 2.24) is 15.1 Å². The number of amides is 1. The van der Waals surface area contributed by atoms with Gasteiger partial charge in [-0.05, 0) is 29.7 Å². The van der Waals surface area contributed by atoms with Gasteiger partial charge >= 0.3 is 6.18 Å². The lowest BCUT2D eigenvalue weighted by atomic mass is 9.97. The third-order valence-electron chi connectivity index (χ3n) is 5.57. The van der Waals surface area contributed by atoms with Crippen molar-refractivity contribution < 1.29 is 22.7 Å². The van der Waals surface area contributed by atoms with Crippen molar-refractivity contribution >= 4 is 23.3 Å². The van der Waals surface area contributed by atoms with E-state index in [0.717, 1.165) is 10.2 Å². The molecule has 4 rings (SSSR count). The maximum absolute atomic E-state index is 13.9. The molecule has 0 unspecified atom stereocenters. The van der Waals surface area contributed by atoms with Gasteiger partial charge in [-0.1, -0.05) is 54.1 Å². The fourth-order valence-electron chi connectivity index (χ4n) is 3.84. The zero-order chi connectivity index (χ0) is 23.6. The number of nitrogens with one attached hydrogen (secondary N) is 2. The van der Waals surface area contributed by atoms with E-state index in [0.29, 0.717) is 24.3 Å². The van der Waals surface area contributed by atoms with Crippen molar-refractivity contribution in [3.63, 3.8) is 0 Å². The summed E-state index contributed by atoms with van der Waals surface area (Å²) in [6.07, 6.45) is -4.30. The van der Waals surface area contributed by atoms with Crippen molar-refractivity contribution in [3.05, 3.63) is 76.4 Å². The molecule has 0 radical (unpaired) electrons. The van der Waals surface area contributed by atoms with Gasteiger partial charge in [-0.15, -0.1) is 0 Å². The second-order valence-corrected chi connectivity index (χ2v) is 8.09. The number of nitrogens with zero attached hydrogens (tertiary/aromatic N) is 2. The van der Waals surface area contributed by atoms with Crippen LogP contribution in [0, 0.1) is 0 Å². The van der Waals surface area contributed by atoms with Crippen LogP contribution < -0.4 is 15.4 Å². The monoisotopic (exact) mass is 478 g/mol. The van der Waals surface area contributed by atoms with Gasteiger partial charge in [0.05, 0.1) is 13.2 Å². The highest BCUT2D eigenvalue weighted by atomic mass is 35.5. The van der Waals surface area contributed by atoms with Gasteiger partial charge in [0.1, 0.15) is 16.6 Å². The van der Waals surface area contributed by atoms with Gasteiger partial charge in [-0.25, -0.2) is 4.68 Å². The Morgan fingerprint density at radius 1 is 1.21 bits per heavy atom. The van der Waals surface area contributed by atoms with Crippen LogP contribution in [0.1, 0.15) is 40.1 Å². The van der Waals surface area contributed by atoms with Crippen LogP contribution in [0.3, 0.4) is 0 Å². The van der Waals surface area contributed by atoms with Gasteiger partial charge < -0.3 is 15.4 Å². The molecule has 0 saturated heterocycles. The molecular formula is C23H22ClF3N4O2. The number of ether oxygens (including phenoxy) is 1. The molecule has 0 fully saturated rings. The SMILES string of the molecule is COc1ccc([C@H]2C[C@@H](C(F)(F)F)n3nc(C(=O)NCCc4ccccc4)c(Cl)c3N2)cc1. The predicted molar refractivity (Wildman–Crippen MR) is 119 cm³/mol. The standard InChI is InChI=1S/C23H22ClF3N4O2/c1-33-16-9-7-15(8-10-16)17-13-18(23(25,26)27)31-21(29-17)19(24)20(30-31)22(32)28-12-11-14-5-3-2-4-6-14/h2-10,17-18,29H,11-13H2,1H3,(H,28,32)/t17-,18+/m1/s1. The first kappa shape index (κ1) is 23.0. The summed E-state index contributed by atoms with van der Waals surface area (Å²) in [6, 6.07) is 13.7. The lowest BCUT2D eigenvalue weighted by Gasteiger charge is -2.33. The predicted octanol–water partition coefficient (Wildman–Crippen LogP) is 5.18. The van der Waals surface area contributed by atoms with Crippen molar-refractivity contribution in [2.45, 2.75) is 31.1 Å². The zero-order valence-corrected chi connectivity index (χ0v) is 18.5. The number of benzene rings is 2. The largest absolute Gasteiger partial charge is 0.497 e. The normalized spacial score (nSPS) is 17.7.